The molecular formula is C19H27N7O. The van der Waals surface area contributed by atoms with Gasteiger partial charge in [-0.3, -0.25) is 14.4 Å². The lowest BCUT2D eigenvalue weighted by Crippen LogP contribution is -2.46. The lowest BCUT2D eigenvalue weighted by Gasteiger charge is -2.34. The first-order chi connectivity index (χ1) is 13.2. The van der Waals surface area contributed by atoms with Gasteiger partial charge in [0.25, 0.3) is 0 Å². The quantitative estimate of drug-likeness (QED) is 0.611. The van der Waals surface area contributed by atoms with Gasteiger partial charge in [0.15, 0.2) is 11.8 Å². The number of benzene rings is 1. The second kappa shape index (κ2) is 9.16. The van der Waals surface area contributed by atoms with E-state index >= 15 is 0 Å². The molecule has 8 heteroatoms. The van der Waals surface area contributed by atoms with Crippen LogP contribution in [0.3, 0.4) is 0 Å². The van der Waals surface area contributed by atoms with Gasteiger partial charge in [0, 0.05) is 39.3 Å². The second-order valence-corrected chi connectivity index (χ2v) is 6.66. The summed E-state index contributed by atoms with van der Waals surface area (Å²) < 4.78 is 1.97. The number of nitrogens with zero attached hydrogens (tertiary/aromatic N) is 5. The van der Waals surface area contributed by atoms with E-state index in [9.17, 15) is 4.79 Å². The lowest BCUT2D eigenvalue weighted by atomic mass is 9.93. The van der Waals surface area contributed by atoms with Gasteiger partial charge >= 0.3 is 0 Å². The van der Waals surface area contributed by atoms with Crippen molar-refractivity contribution in [2.24, 2.45) is 10.9 Å². The first-order valence-electron chi connectivity index (χ1n) is 9.31. The maximum Gasteiger partial charge on any atom is 0.220 e. The molecule has 0 radical (unpaired) electrons. The number of rotatable bonds is 5. The molecule has 1 saturated heterocycles. The summed E-state index contributed by atoms with van der Waals surface area (Å²) in [6, 6.07) is 10.0. The van der Waals surface area contributed by atoms with Crippen molar-refractivity contribution in [1.29, 1.82) is 0 Å². The molecule has 1 fully saturated rings. The van der Waals surface area contributed by atoms with Crippen LogP contribution in [0, 0.1) is 5.92 Å². The SMILES string of the molecule is CN=C(NCc1nncn1-c1ccccc1)N1CCC(CC(=O)NC)CC1. The van der Waals surface area contributed by atoms with Crippen LogP contribution < -0.4 is 10.6 Å². The van der Waals surface area contributed by atoms with Crippen LogP contribution in [0.4, 0.5) is 0 Å². The number of para-hydroxylation sites is 1. The zero-order chi connectivity index (χ0) is 19.1. The molecule has 8 nitrogen and oxygen atoms in total. The Labute approximate surface area is 159 Å². The number of nitrogens with one attached hydrogen (secondary N) is 2. The fourth-order valence-corrected chi connectivity index (χ4v) is 3.39. The molecule has 1 aliphatic heterocycles. The number of piperidine rings is 1. The molecule has 3 rings (SSSR count). The number of guanidine groups is 1. The van der Waals surface area contributed by atoms with Gasteiger partial charge in [0.05, 0.1) is 6.54 Å². The Morgan fingerprint density at radius 2 is 2.00 bits per heavy atom. The molecule has 0 atom stereocenters. The summed E-state index contributed by atoms with van der Waals surface area (Å²) in [7, 11) is 3.48. The first-order valence-corrected chi connectivity index (χ1v) is 9.31. The number of aromatic nitrogens is 3. The average molecular weight is 369 g/mol. The third-order valence-electron chi connectivity index (χ3n) is 4.94. The fraction of sp³-hybridized carbons (Fsp3) is 0.474. The number of likely N-dealkylation sites (tertiary alicyclic amines) is 1. The Kier molecular flexibility index (Phi) is 6.40. The Morgan fingerprint density at radius 3 is 2.67 bits per heavy atom. The molecule has 0 spiro atoms. The van der Waals surface area contributed by atoms with Crippen molar-refractivity contribution in [3.63, 3.8) is 0 Å². The molecule has 0 saturated carbocycles. The van der Waals surface area contributed by atoms with Crippen LogP contribution in [-0.4, -0.2) is 58.7 Å². The summed E-state index contributed by atoms with van der Waals surface area (Å²) >= 11 is 0. The van der Waals surface area contributed by atoms with E-state index in [-0.39, 0.29) is 5.91 Å². The number of hydrogen-bond donors (Lipinski definition) is 2. The highest BCUT2D eigenvalue weighted by molar-refractivity contribution is 5.80. The molecule has 27 heavy (non-hydrogen) atoms. The van der Waals surface area contributed by atoms with Gasteiger partial charge in [-0.15, -0.1) is 10.2 Å². The molecule has 1 aliphatic rings. The van der Waals surface area contributed by atoms with Crippen molar-refractivity contribution in [2.45, 2.75) is 25.8 Å². The number of carbonyl (C=O) groups is 1. The lowest BCUT2D eigenvalue weighted by molar-refractivity contribution is -0.121. The molecule has 1 aromatic carbocycles. The maximum absolute atomic E-state index is 11.6. The highest BCUT2D eigenvalue weighted by atomic mass is 16.1. The molecule has 0 aliphatic carbocycles. The van der Waals surface area contributed by atoms with Crippen molar-refractivity contribution in [3.8, 4) is 5.69 Å². The van der Waals surface area contributed by atoms with Crippen molar-refractivity contribution < 1.29 is 4.79 Å². The van der Waals surface area contributed by atoms with E-state index in [0.717, 1.165) is 43.4 Å². The minimum atomic E-state index is 0.121. The van der Waals surface area contributed by atoms with Crippen LogP contribution in [0.1, 0.15) is 25.1 Å². The molecular weight excluding hydrogens is 342 g/mol. The number of carbonyl (C=O) groups excluding carboxylic acids is 1. The van der Waals surface area contributed by atoms with E-state index in [2.05, 4.69) is 30.7 Å². The Hall–Kier alpha value is -2.90. The molecule has 144 valence electrons. The highest BCUT2D eigenvalue weighted by Gasteiger charge is 2.23. The summed E-state index contributed by atoms with van der Waals surface area (Å²) in [5.41, 5.74) is 1.03. The highest BCUT2D eigenvalue weighted by Crippen LogP contribution is 2.20. The van der Waals surface area contributed by atoms with Gasteiger partial charge < -0.3 is 15.5 Å². The van der Waals surface area contributed by atoms with Gasteiger partial charge in [-0.2, -0.15) is 0 Å². The largest absolute Gasteiger partial charge is 0.359 e. The predicted molar refractivity (Wildman–Crippen MR) is 105 cm³/mol. The van der Waals surface area contributed by atoms with Crippen molar-refractivity contribution in [3.05, 3.63) is 42.5 Å². The van der Waals surface area contributed by atoms with E-state index in [1.165, 1.54) is 0 Å². The summed E-state index contributed by atoms with van der Waals surface area (Å²) in [6.45, 7) is 2.33. The Morgan fingerprint density at radius 1 is 1.26 bits per heavy atom. The van der Waals surface area contributed by atoms with E-state index in [0.29, 0.717) is 18.9 Å². The van der Waals surface area contributed by atoms with Gasteiger partial charge in [0.1, 0.15) is 6.33 Å². The van der Waals surface area contributed by atoms with Gasteiger partial charge in [-0.25, -0.2) is 0 Å². The Bertz CT molecular complexity index is 763. The average Bonchev–Trinajstić information content (AvgIpc) is 3.19. The monoisotopic (exact) mass is 369 g/mol. The van der Waals surface area contributed by atoms with Crippen molar-refractivity contribution in [1.82, 2.24) is 30.3 Å². The number of hydrogen-bond acceptors (Lipinski definition) is 4. The van der Waals surface area contributed by atoms with Crippen LogP contribution in [0.15, 0.2) is 41.7 Å². The minimum absolute atomic E-state index is 0.121. The smallest absolute Gasteiger partial charge is 0.220 e. The summed E-state index contributed by atoms with van der Waals surface area (Å²) in [4.78, 5) is 18.2. The van der Waals surface area contributed by atoms with E-state index < -0.39 is 0 Å². The maximum atomic E-state index is 11.6. The summed E-state index contributed by atoms with van der Waals surface area (Å²) in [5.74, 6) is 2.25. The number of amides is 1. The topological polar surface area (TPSA) is 87.4 Å². The molecule has 2 aromatic rings. The van der Waals surface area contributed by atoms with E-state index in [1.807, 2.05) is 34.9 Å². The normalized spacial score (nSPS) is 15.6. The molecule has 0 unspecified atom stereocenters. The number of aliphatic imine (C=N–C) groups is 1. The second-order valence-electron chi connectivity index (χ2n) is 6.66. The standard InChI is InChI=1S/C19H27N7O/c1-20-18(27)12-15-8-10-25(11-9-15)19(21-2)22-13-17-24-23-14-26(17)16-6-4-3-5-7-16/h3-7,14-15H,8-13H2,1-2H3,(H,20,27)(H,21,22). The summed E-state index contributed by atoms with van der Waals surface area (Å²) in [6.07, 6.45) is 4.32. The van der Waals surface area contributed by atoms with Crippen LogP contribution in [0.2, 0.25) is 0 Å². The molecule has 2 heterocycles. The molecule has 1 aromatic heterocycles. The zero-order valence-corrected chi connectivity index (χ0v) is 15.9. The van der Waals surface area contributed by atoms with Crippen LogP contribution >= 0.6 is 0 Å². The fourth-order valence-electron chi connectivity index (χ4n) is 3.39. The van der Waals surface area contributed by atoms with Crippen LogP contribution in [0.5, 0.6) is 0 Å². The summed E-state index contributed by atoms with van der Waals surface area (Å²) in [5, 5.41) is 14.4. The van der Waals surface area contributed by atoms with E-state index in [4.69, 9.17) is 0 Å². The predicted octanol–water partition coefficient (Wildman–Crippen LogP) is 1.19. The van der Waals surface area contributed by atoms with Gasteiger partial charge in [-0.05, 0) is 30.9 Å². The third kappa shape index (κ3) is 4.84. The molecule has 2 N–H and O–H groups in total. The zero-order valence-electron chi connectivity index (χ0n) is 15.9. The molecule has 0 bridgehead atoms. The third-order valence-corrected chi connectivity index (χ3v) is 4.94. The Balaban J connectivity index is 1.55. The molecule has 1 amide bonds. The van der Waals surface area contributed by atoms with Gasteiger partial charge in [0.2, 0.25) is 5.91 Å². The van der Waals surface area contributed by atoms with Gasteiger partial charge in [-0.1, -0.05) is 18.2 Å². The first kappa shape index (κ1) is 18.9. The van der Waals surface area contributed by atoms with Crippen LogP contribution in [-0.2, 0) is 11.3 Å². The van der Waals surface area contributed by atoms with Crippen molar-refractivity contribution >= 4 is 11.9 Å². The van der Waals surface area contributed by atoms with Crippen molar-refractivity contribution in [2.75, 3.05) is 27.2 Å². The minimum Gasteiger partial charge on any atom is -0.359 e. The van der Waals surface area contributed by atoms with E-state index in [1.54, 1.807) is 20.4 Å². The van der Waals surface area contributed by atoms with Crippen LogP contribution in [0.25, 0.3) is 5.69 Å².